The van der Waals surface area contributed by atoms with Crippen molar-refractivity contribution in [2.45, 2.75) is 50.8 Å². The van der Waals surface area contributed by atoms with E-state index in [4.69, 9.17) is 28.8 Å². The zero-order valence-corrected chi connectivity index (χ0v) is 22.1. The number of carboxylic acid groups (broad SMARTS) is 1. The minimum absolute atomic E-state index is 0.0439. The Kier molecular flexibility index (Phi) is 7.30. The highest BCUT2D eigenvalue weighted by atomic mass is 19.3. The van der Waals surface area contributed by atoms with Gasteiger partial charge in [-0.2, -0.15) is 4.98 Å². The summed E-state index contributed by atoms with van der Waals surface area (Å²) in [6.45, 7) is 3.53. The fourth-order valence-electron chi connectivity index (χ4n) is 5.58. The van der Waals surface area contributed by atoms with Crippen LogP contribution in [0.15, 0.2) is 41.2 Å². The number of halogens is 2. The number of benzene rings is 1. The Hall–Kier alpha value is -4.46. The number of rotatable bonds is 5. The van der Waals surface area contributed by atoms with E-state index in [-0.39, 0.29) is 24.7 Å². The number of aromatic nitrogens is 6. The normalized spacial score (nSPS) is 19.7. The largest absolute Gasteiger partial charge is 0.483 e. The molecule has 14 heteroatoms. The highest BCUT2D eigenvalue weighted by Crippen LogP contribution is 2.38. The molecular weight excluding hydrogens is 540 g/mol. The number of para-hydroxylation sites is 1. The molecule has 1 N–H and O–H groups in total. The summed E-state index contributed by atoms with van der Waals surface area (Å²) in [6.07, 6.45) is 2.45. The number of carbonyl (C=O) groups is 1. The predicted molar refractivity (Wildman–Crippen MR) is 143 cm³/mol. The van der Waals surface area contributed by atoms with Crippen LogP contribution in [0, 0.1) is 0 Å². The minimum Gasteiger partial charge on any atom is -0.483 e. The lowest BCUT2D eigenvalue weighted by molar-refractivity contribution is -0.122. The van der Waals surface area contributed by atoms with E-state index in [0.29, 0.717) is 65.6 Å². The van der Waals surface area contributed by atoms with Crippen LogP contribution in [-0.2, 0) is 9.53 Å². The van der Waals surface area contributed by atoms with Crippen molar-refractivity contribution in [3.05, 3.63) is 42.6 Å². The Morgan fingerprint density at radius 2 is 1.95 bits per heavy atom. The van der Waals surface area contributed by atoms with Gasteiger partial charge in [-0.15, -0.1) is 0 Å². The van der Waals surface area contributed by atoms with Crippen molar-refractivity contribution in [3.63, 3.8) is 0 Å². The second-order valence-corrected chi connectivity index (χ2v) is 9.90. The molecule has 4 aromatic heterocycles. The topological polar surface area (TPSA) is 142 Å². The van der Waals surface area contributed by atoms with Crippen LogP contribution in [0.2, 0.25) is 0 Å². The summed E-state index contributed by atoms with van der Waals surface area (Å²) in [5, 5.41) is 7.57. The molecule has 0 aliphatic carbocycles. The quantitative estimate of drug-likeness (QED) is 0.299. The van der Waals surface area contributed by atoms with E-state index in [1.165, 1.54) is 6.33 Å². The van der Waals surface area contributed by atoms with Crippen molar-refractivity contribution in [2.24, 2.45) is 0 Å². The van der Waals surface area contributed by atoms with Crippen LogP contribution in [-0.4, -0.2) is 73.0 Å². The van der Waals surface area contributed by atoms with Crippen LogP contribution in [0.1, 0.15) is 44.5 Å². The molecule has 7 rings (SSSR count). The van der Waals surface area contributed by atoms with Gasteiger partial charge in [0.05, 0.1) is 12.7 Å². The van der Waals surface area contributed by atoms with Gasteiger partial charge in [-0.25, -0.2) is 28.7 Å². The number of hydrogen-bond acceptors (Lipinski definition) is 10. The van der Waals surface area contributed by atoms with Gasteiger partial charge in [0.15, 0.2) is 22.9 Å². The van der Waals surface area contributed by atoms with E-state index >= 15 is 0 Å². The van der Waals surface area contributed by atoms with Crippen LogP contribution in [0.4, 0.5) is 14.6 Å². The van der Waals surface area contributed by atoms with Crippen LogP contribution in [0.5, 0.6) is 6.01 Å². The second-order valence-electron chi connectivity index (χ2n) is 9.90. The Labute approximate surface area is 231 Å². The molecule has 6 heterocycles. The lowest BCUT2D eigenvalue weighted by atomic mass is 10.1. The molecule has 41 heavy (non-hydrogen) atoms. The molecule has 0 spiro atoms. The van der Waals surface area contributed by atoms with Gasteiger partial charge in [-0.1, -0.05) is 12.1 Å². The predicted octanol–water partition coefficient (Wildman–Crippen LogP) is 4.55. The Bertz CT molecular complexity index is 1690. The Morgan fingerprint density at radius 3 is 2.73 bits per heavy atom. The average molecular weight is 568 g/mol. The smallest absolute Gasteiger partial charge is 0.299 e. The summed E-state index contributed by atoms with van der Waals surface area (Å²) >= 11 is 0. The molecule has 12 nitrogen and oxygen atoms in total. The molecule has 1 aromatic carbocycles. The summed E-state index contributed by atoms with van der Waals surface area (Å²) < 4.78 is 47.8. The fourth-order valence-corrected chi connectivity index (χ4v) is 5.58. The van der Waals surface area contributed by atoms with Gasteiger partial charge in [0.25, 0.3) is 18.9 Å². The first-order chi connectivity index (χ1) is 20.0. The standard InChI is InChI=1S/C26H25F2N7O3.CH2O2/c1-14-10-16(37-26-31-18-11-29-13-30-24(18)35(26)15-6-8-36-9-7-15)12-34(14)25-21-20(32-23(33-25)22(27)28)17-4-2-3-5-19(17)38-21;2-1-3/h2-5,11,13-16,22H,6-10,12H2,1H3;1H,(H,2,3)/t14-,16+;/m1./s1. The summed E-state index contributed by atoms with van der Waals surface area (Å²) in [4.78, 5) is 32.0. The third-order valence-electron chi connectivity index (χ3n) is 7.37. The zero-order valence-electron chi connectivity index (χ0n) is 22.1. The summed E-state index contributed by atoms with van der Waals surface area (Å²) in [5.41, 5.74) is 2.75. The molecule has 0 amide bonds. The van der Waals surface area contributed by atoms with Gasteiger partial charge < -0.3 is 23.9 Å². The highest BCUT2D eigenvalue weighted by molar-refractivity contribution is 6.05. The fraction of sp³-hybridized carbons (Fsp3) is 0.407. The van der Waals surface area contributed by atoms with Gasteiger partial charge in [-0.3, -0.25) is 9.36 Å². The summed E-state index contributed by atoms with van der Waals surface area (Å²) in [5.74, 6) is -0.167. The first-order valence-electron chi connectivity index (χ1n) is 13.2. The first-order valence-corrected chi connectivity index (χ1v) is 13.2. The third-order valence-corrected chi connectivity index (χ3v) is 7.37. The van der Waals surface area contributed by atoms with Gasteiger partial charge in [0.2, 0.25) is 0 Å². The van der Waals surface area contributed by atoms with Crippen molar-refractivity contribution in [1.82, 2.24) is 29.5 Å². The molecule has 2 aliphatic rings. The number of imidazole rings is 1. The lowest BCUT2D eigenvalue weighted by Crippen LogP contribution is -2.30. The molecule has 2 fully saturated rings. The van der Waals surface area contributed by atoms with Gasteiger partial charge in [0, 0.05) is 37.1 Å². The average Bonchev–Trinajstić information content (AvgIpc) is 3.65. The number of anilines is 1. The molecular formula is C27H27F2N7O5. The molecule has 0 radical (unpaired) electrons. The highest BCUT2D eigenvalue weighted by Gasteiger charge is 2.36. The van der Waals surface area contributed by atoms with E-state index in [9.17, 15) is 8.78 Å². The van der Waals surface area contributed by atoms with Crippen molar-refractivity contribution in [3.8, 4) is 6.01 Å². The van der Waals surface area contributed by atoms with Crippen LogP contribution >= 0.6 is 0 Å². The SMILES string of the molecule is C[C@@H]1C[C@H](Oc2nc3cncnc3n2C2CCOCC2)CN1c1nc(C(F)F)nc2c1oc1ccccc12.O=CO. The summed E-state index contributed by atoms with van der Waals surface area (Å²) in [7, 11) is 0. The maximum absolute atomic E-state index is 13.8. The van der Waals surface area contributed by atoms with E-state index in [1.54, 1.807) is 12.3 Å². The van der Waals surface area contributed by atoms with E-state index in [1.807, 2.05) is 34.6 Å². The number of hydrogen-bond donors (Lipinski definition) is 1. The van der Waals surface area contributed by atoms with Gasteiger partial charge >= 0.3 is 0 Å². The van der Waals surface area contributed by atoms with Crippen LogP contribution in [0.25, 0.3) is 33.2 Å². The van der Waals surface area contributed by atoms with E-state index in [0.717, 1.165) is 18.5 Å². The number of ether oxygens (including phenoxy) is 2. The van der Waals surface area contributed by atoms with Crippen LogP contribution < -0.4 is 9.64 Å². The van der Waals surface area contributed by atoms with Gasteiger partial charge in [0.1, 0.15) is 29.0 Å². The van der Waals surface area contributed by atoms with E-state index < -0.39 is 12.2 Å². The molecule has 214 valence electrons. The second kappa shape index (κ2) is 11.2. The summed E-state index contributed by atoms with van der Waals surface area (Å²) in [6, 6.07) is 7.87. The van der Waals surface area contributed by atoms with Crippen molar-refractivity contribution < 1.29 is 32.6 Å². The van der Waals surface area contributed by atoms with Crippen molar-refractivity contribution >= 4 is 45.5 Å². The Morgan fingerprint density at radius 1 is 1.17 bits per heavy atom. The molecule has 2 saturated heterocycles. The number of nitrogens with zero attached hydrogens (tertiary/aromatic N) is 7. The molecule has 5 aromatic rings. The molecule has 2 aliphatic heterocycles. The van der Waals surface area contributed by atoms with Crippen molar-refractivity contribution in [2.75, 3.05) is 24.7 Å². The maximum atomic E-state index is 13.8. The molecule has 0 saturated carbocycles. The zero-order chi connectivity index (χ0) is 28.5. The monoisotopic (exact) mass is 567 g/mol. The number of fused-ring (bicyclic) bond motifs is 4. The number of furan rings is 1. The van der Waals surface area contributed by atoms with Crippen molar-refractivity contribution in [1.29, 1.82) is 0 Å². The van der Waals surface area contributed by atoms with Gasteiger partial charge in [-0.05, 0) is 31.9 Å². The van der Waals surface area contributed by atoms with Crippen LogP contribution in [0.3, 0.4) is 0 Å². The Balaban J connectivity index is 0.000000967. The first kappa shape index (κ1) is 26.7. The lowest BCUT2D eigenvalue weighted by Gasteiger charge is -2.25. The molecule has 2 atom stereocenters. The number of alkyl halides is 2. The minimum atomic E-state index is -2.81. The maximum Gasteiger partial charge on any atom is 0.299 e. The van der Waals surface area contributed by atoms with E-state index in [2.05, 4.69) is 19.9 Å². The third kappa shape index (κ3) is 4.99. The molecule has 0 unspecified atom stereocenters. The molecule has 0 bridgehead atoms.